The fraction of sp³-hybridized carbons (Fsp3) is 0.222. The lowest BCUT2D eigenvalue weighted by Gasteiger charge is -2.17. The van der Waals surface area contributed by atoms with Crippen molar-refractivity contribution in [2.24, 2.45) is 0 Å². The molecule has 0 unspecified atom stereocenters. The number of hydrogen-bond donors (Lipinski definition) is 1. The Bertz CT molecular complexity index is 734. The molecule has 1 aliphatic heterocycles. The van der Waals surface area contributed by atoms with E-state index in [0.717, 1.165) is 0 Å². The summed E-state index contributed by atoms with van der Waals surface area (Å²) >= 11 is 0. The van der Waals surface area contributed by atoms with E-state index in [9.17, 15) is 18.4 Å². The van der Waals surface area contributed by atoms with Gasteiger partial charge < -0.3 is 10.2 Å². The van der Waals surface area contributed by atoms with E-state index in [2.05, 4.69) is 5.32 Å². The highest BCUT2D eigenvalue weighted by Crippen LogP contribution is 2.17. The fourth-order valence-corrected chi connectivity index (χ4v) is 2.68. The molecule has 1 aliphatic rings. The van der Waals surface area contributed by atoms with Gasteiger partial charge in [-0.2, -0.15) is 0 Å². The van der Waals surface area contributed by atoms with Gasteiger partial charge in [0.2, 0.25) is 0 Å². The van der Waals surface area contributed by atoms with Crippen molar-refractivity contribution < 1.29 is 18.4 Å². The molecular weight excluding hydrogens is 314 g/mol. The number of hydrogen-bond acceptors (Lipinski definition) is 2. The van der Waals surface area contributed by atoms with E-state index in [4.69, 9.17) is 0 Å². The van der Waals surface area contributed by atoms with E-state index in [0.29, 0.717) is 11.1 Å². The number of alkyl halides is 1. The largest absolute Gasteiger partial charge is 0.345 e. The number of carbonyl (C=O) groups excluding carboxylic acids is 2. The number of carbonyl (C=O) groups is 2. The summed E-state index contributed by atoms with van der Waals surface area (Å²) in [6.45, 7) is -0.0219. The Morgan fingerprint density at radius 2 is 1.62 bits per heavy atom. The van der Waals surface area contributed by atoms with Crippen molar-refractivity contribution >= 4 is 11.8 Å². The van der Waals surface area contributed by atoms with Gasteiger partial charge in [0.1, 0.15) is 12.0 Å². The zero-order chi connectivity index (χ0) is 17.1. The zero-order valence-electron chi connectivity index (χ0n) is 12.8. The molecule has 1 fully saturated rings. The van der Waals surface area contributed by atoms with Crippen LogP contribution < -0.4 is 5.32 Å². The summed E-state index contributed by atoms with van der Waals surface area (Å²) in [6, 6.07) is 12.8. The SMILES string of the molecule is O=C(N[C@@H]1CN(C(=O)c2ccc(F)cc2)C[C@@H]1F)c1ccccc1. The lowest BCUT2D eigenvalue weighted by molar-refractivity contribution is 0.0778. The van der Waals surface area contributed by atoms with E-state index in [1.54, 1.807) is 30.3 Å². The number of nitrogens with one attached hydrogen (secondary N) is 1. The van der Waals surface area contributed by atoms with Gasteiger partial charge in [-0.25, -0.2) is 8.78 Å². The van der Waals surface area contributed by atoms with E-state index in [-0.39, 0.29) is 24.9 Å². The first-order chi connectivity index (χ1) is 11.5. The molecule has 1 saturated heterocycles. The predicted octanol–water partition coefficient (Wildman–Crippen LogP) is 2.42. The maximum absolute atomic E-state index is 14.2. The van der Waals surface area contributed by atoms with Gasteiger partial charge in [0.15, 0.2) is 0 Å². The van der Waals surface area contributed by atoms with Crippen molar-refractivity contribution in [1.29, 1.82) is 0 Å². The minimum atomic E-state index is -1.35. The molecule has 0 saturated carbocycles. The third-order valence-corrected chi connectivity index (χ3v) is 3.98. The van der Waals surface area contributed by atoms with E-state index < -0.39 is 18.0 Å². The molecule has 0 bridgehead atoms. The Labute approximate surface area is 138 Å². The normalized spacial score (nSPS) is 20.0. The van der Waals surface area contributed by atoms with E-state index >= 15 is 0 Å². The van der Waals surface area contributed by atoms with Gasteiger partial charge in [-0.3, -0.25) is 9.59 Å². The first kappa shape index (κ1) is 16.1. The Kier molecular flexibility index (Phi) is 4.55. The van der Waals surface area contributed by atoms with Gasteiger partial charge in [0.25, 0.3) is 11.8 Å². The molecule has 24 heavy (non-hydrogen) atoms. The van der Waals surface area contributed by atoms with Gasteiger partial charge in [-0.1, -0.05) is 18.2 Å². The number of amides is 2. The molecule has 1 heterocycles. The highest BCUT2D eigenvalue weighted by Gasteiger charge is 2.36. The molecule has 124 valence electrons. The molecule has 2 aromatic rings. The highest BCUT2D eigenvalue weighted by atomic mass is 19.1. The lowest BCUT2D eigenvalue weighted by atomic mass is 10.2. The second kappa shape index (κ2) is 6.78. The second-order valence-electron chi connectivity index (χ2n) is 5.68. The Morgan fingerprint density at radius 3 is 2.29 bits per heavy atom. The first-order valence-corrected chi connectivity index (χ1v) is 7.59. The molecular formula is C18H16F2N2O2. The molecule has 1 N–H and O–H groups in total. The third kappa shape index (κ3) is 3.42. The van der Waals surface area contributed by atoms with E-state index in [1.807, 2.05) is 0 Å². The topological polar surface area (TPSA) is 49.4 Å². The molecule has 0 aliphatic carbocycles. The average molecular weight is 330 g/mol. The van der Waals surface area contributed by atoms with Crippen molar-refractivity contribution in [3.05, 3.63) is 71.5 Å². The van der Waals surface area contributed by atoms with Crippen molar-refractivity contribution in [3.8, 4) is 0 Å². The quantitative estimate of drug-likeness (QED) is 0.940. The summed E-state index contributed by atoms with van der Waals surface area (Å²) in [5, 5.41) is 2.62. The van der Waals surface area contributed by atoms with Crippen molar-refractivity contribution in [2.75, 3.05) is 13.1 Å². The van der Waals surface area contributed by atoms with Crippen LogP contribution in [0.4, 0.5) is 8.78 Å². The molecule has 4 nitrogen and oxygen atoms in total. The van der Waals surface area contributed by atoms with Crippen LogP contribution in [-0.4, -0.2) is 42.0 Å². The van der Waals surface area contributed by atoms with Gasteiger partial charge in [-0.15, -0.1) is 0 Å². The van der Waals surface area contributed by atoms with Crippen LogP contribution in [0.15, 0.2) is 54.6 Å². The summed E-state index contributed by atoms with van der Waals surface area (Å²) in [5.41, 5.74) is 0.728. The predicted molar refractivity (Wildman–Crippen MR) is 84.9 cm³/mol. The van der Waals surface area contributed by atoms with Gasteiger partial charge in [-0.05, 0) is 36.4 Å². The standard InChI is InChI=1S/C18H16F2N2O2/c19-14-8-6-13(7-9-14)18(24)22-10-15(20)16(11-22)21-17(23)12-4-2-1-3-5-12/h1-9,15-16H,10-11H2,(H,21,23)/t15-,16+/m0/s1. The lowest BCUT2D eigenvalue weighted by Crippen LogP contribution is -2.41. The van der Waals surface area contributed by atoms with Crippen LogP contribution in [-0.2, 0) is 0 Å². The molecule has 6 heteroatoms. The third-order valence-electron chi connectivity index (χ3n) is 3.98. The highest BCUT2D eigenvalue weighted by molar-refractivity contribution is 5.95. The first-order valence-electron chi connectivity index (χ1n) is 7.59. The molecule has 0 radical (unpaired) electrons. The molecule has 2 atom stereocenters. The zero-order valence-corrected chi connectivity index (χ0v) is 12.8. The monoisotopic (exact) mass is 330 g/mol. The van der Waals surface area contributed by atoms with Crippen LogP contribution in [0.3, 0.4) is 0 Å². The van der Waals surface area contributed by atoms with Crippen molar-refractivity contribution in [2.45, 2.75) is 12.2 Å². The maximum Gasteiger partial charge on any atom is 0.254 e. The summed E-state index contributed by atoms with van der Waals surface area (Å²) in [5.74, 6) is -1.20. The Morgan fingerprint density at radius 1 is 0.958 bits per heavy atom. The molecule has 0 spiro atoms. The maximum atomic E-state index is 14.2. The van der Waals surface area contributed by atoms with Crippen molar-refractivity contribution in [3.63, 3.8) is 0 Å². The van der Waals surface area contributed by atoms with Gasteiger partial charge in [0, 0.05) is 17.7 Å². The Hall–Kier alpha value is -2.76. The molecule has 0 aromatic heterocycles. The van der Waals surface area contributed by atoms with Crippen LogP contribution in [0, 0.1) is 5.82 Å². The van der Waals surface area contributed by atoms with Crippen LogP contribution in [0.1, 0.15) is 20.7 Å². The number of halogens is 2. The fourth-order valence-electron chi connectivity index (χ4n) is 2.68. The minimum absolute atomic E-state index is 0.0793. The molecule has 2 aromatic carbocycles. The number of benzene rings is 2. The summed E-state index contributed by atoms with van der Waals surface area (Å²) in [7, 11) is 0. The number of likely N-dealkylation sites (tertiary alicyclic amines) is 1. The van der Waals surface area contributed by atoms with Crippen LogP contribution >= 0.6 is 0 Å². The van der Waals surface area contributed by atoms with Crippen molar-refractivity contribution in [1.82, 2.24) is 10.2 Å². The summed E-state index contributed by atoms with van der Waals surface area (Å²) in [6.07, 6.45) is -1.35. The Balaban J connectivity index is 1.65. The average Bonchev–Trinajstić information content (AvgIpc) is 2.96. The minimum Gasteiger partial charge on any atom is -0.345 e. The summed E-state index contributed by atoms with van der Waals surface area (Å²) < 4.78 is 27.1. The van der Waals surface area contributed by atoms with Crippen LogP contribution in [0.25, 0.3) is 0 Å². The van der Waals surface area contributed by atoms with Crippen LogP contribution in [0.2, 0.25) is 0 Å². The second-order valence-corrected chi connectivity index (χ2v) is 5.68. The van der Waals surface area contributed by atoms with Gasteiger partial charge >= 0.3 is 0 Å². The molecule has 3 rings (SSSR count). The van der Waals surface area contributed by atoms with E-state index in [1.165, 1.54) is 29.2 Å². The van der Waals surface area contributed by atoms with Gasteiger partial charge in [0.05, 0.1) is 12.6 Å². The smallest absolute Gasteiger partial charge is 0.254 e. The molecule has 2 amide bonds. The summed E-state index contributed by atoms with van der Waals surface area (Å²) in [4.78, 5) is 25.8. The van der Waals surface area contributed by atoms with Crippen LogP contribution in [0.5, 0.6) is 0 Å². The number of nitrogens with zero attached hydrogens (tertiary/aromatic N) is 1. The number of rotatable bonds is 3.